The zero-order valence-corrected chi connectivity index (χ0v) is 13.1. The van der Waals surface area contributed by atoms with E-state index in [1.165, 1.54) is 0 Å². The average molecular weight is 310 g/mol. The zero-order chi connectivity index (χ0) is 16.2. The van der Waals surface area contributed by atoms with Gasteiger partial charge in [-0.05, 0) is 19.1 Å². The molecule has 0 spiro atoms. The Morgan fingerprint density at radius 1 is 1.30 bits per heavy atom. The fraction of sp³-hybridized carbons (Fsp3) is 0.294. The maximum atomic E-state index is 12.5. The molecular formula is C17H18N4O2. The van der Waals surface area contributed by atoms with Crippen molar-refractivity contribution in [1.82, 2.24) is 20.0 Å². The van der Waals surface area contributed by atoms with E-state index in [9.17, 15) is 4.79 Å². The molecule has 0 aliphatic heterocycles. The van der Waals surface area contributed by atoms with Crippen molar-refractivity contribution >= 4 is 16.9 Å². The van der Waals surface area contributed by atoms with E-state index in [1.807, 2.05) is 31.2 Å². The Morgan fingerprint density at radius 2 is 2.13 bits per heavy atom. The lowest BCUT2D eigenvalue weighted by Crippen LogP contribution is -2.37. The van der Waals surface area contributed by atoms with Gasteiger partial charge in [0, 0.05) is 43.5 Å². The van der Waals surface area contributed by atoms with Crippen LogP contribution < -0.4 is 0 Å². The highest BCUT2D eigenvalue weighted by Crippen LogP contribution is 2.19. The van der Waals surface area contributed by atoms with E-state index in [1.54, 1.807) is 30.5 Å². The summed E-state index contributed by atoms with van der Waals surface area (Å²) < 4.78 is 5.25. The summed E-state index contributed by atoms with van der Waals surface area (Å²) in [6, 6.07) is 7.58. The Bertz CT molecular complexity index is 800. The third-order valence-corrected chi connectivity index (χ3v) is 3.95. The molecule has 118 valence electrons. The number of likely N-dealkylation sites (N-methyl/N-ethyl adjacent to an activating group) is 1. The van der Waals surface area contributed by atoms with Gasteiger partial charge in [-0.25, -0.2) is 0 Å². The fourth-order valence-corrected chi connectivity index (χ4v) is 2.45. The van der Waals surface area contributed by atoms with Crippen molar-refractivity contribution in [3.63, 3.8) is 0 Å². The van der Waals surface area contributed by atoms with Gasteiger partial charge in [0.1, 0.15) is 5.69 Å². The first-order valence-corrected chi connectivity index (χ1v) is 7.49. The van der Waals surface area contributed by atoms with Gasteiger partial charge >= 0.3 is 0 Å². The van der Waals surface area contributed by atoms with Crippen LogP contribution in [0.5, 0.6) is 0 Å². The second-order valence-corrected chi connectivity index (χ2v) is 5.56. The predicted molar refractivity (Wildman–Crippen MR) is 85.7 cm³/mol. The zero-order valence-electron chi connectivity index (χ0n) is 13.1. The van der Waals surface area contributed by atoms with Crippen LogP contribution in [-0.2, 0) is 17.6 Å². The van der Waals surface area contributed by atoms with Crippen LogP contribution in [0.4, 0.5) is 0 Å². The van der Waals surface area contributed by atoms with Gasteiger partial charge in [-0.3, -0.25) is 14.8 Å². The Kier molecular flexibility index (Phi) is 4.32. The highest BCUT2D eigenvalue weighted by atomic mass is 16.5. The minimum Gasteiger partial charge on any atom is -0.356 e. The van der Waals surface area contributed by atoms with Gasteiger partial charge in [0.2, 0.25) is 5.91 Å². The van der Waals surface area contributed by atoms with Crippen LogP contribution in [0.2, 0.25) is 0 Å². The molecular weight excluding hydrogens is 292 g/mol. The monoisotopic (exact) mass is 310 g/mol. The van der Waals surface area contributed by atoms with Gasteiger partial charge in [-0.15, -0.1) is 0 Å². The van der Waals surface area contributed by atoms with E-state index in [-0.39, 0.29) is 18.4 Å². The molecule has 1 amide bonds. The van der Waals surface area contributed by atoms with Crippen LogP contribution in [0.1, 0.15) is 18.3 Å². The van der Waals surface area contributed by atoms with Crippen LogP contribution in [0.25, 0.3) is 11.0 Å². The molecule has 0 fully saturated rings. The number of amides is 1. The summed E-state index contributed by atoms with van der Waals surface area (Å²) in [5, 5.41) is 4.90. The number of hydrogen-bond acceptors (Lipinski definition) is 5. The summed E-state index contributed by atoms with van der Waals surface area (Å²) in [6.45, 7) is 1.99. The highest BCUT2D eigenvalue weighted by molar-refractivity contribution is 5.86. The molecule has 1 aromatic carbocycles. The molecule has 0 aliphatic rings. The van der Waals surface area contributed by atoms with E-state index < -0.39 is 0 Å². The summed E-state index contributed by atoms with van der Waals surface area (Å²) in [7, 11) is 1.80. The van der Waals surface area contributed by atoms with Crippen molar-refractivity contribution in [3.8, 4) is 0 Å². The minimum atomic E-state index is 0.000411. The molecule has 0 N–H and O–H groups in total. The molecule has 6 heteroatoms. The van der Waals surface area contributed by atoms with Crippen molar-refractivity contribution < 1.29 is 9.32 Å². The number of hydrogen-bond donors (Lipinski definition) is 0. The first-order valence-electron chi connectivity index (χ1n) is 7.49. The highest BCUT2D eigenvalue weighted by Gasteiger charge is 2.19. The van der Waals surface area contributed by atoms with Gasteiger partial charge < -0.3 is 9.42 Å². The fourth-order valence-electron chi connectivity index (χ4n) is 2.45. The first kappa shape index (κ1) is 15.1. The molecule has 23 heavy (non-hydrogen) atoms. The van der Waals surface area contributed by atoms with Gasteiger partial charge in [0.25, 0.3) is 0 Å². The van der Waals surface area contributed by atoms with Crippen molar-refractivity contribution in [1.29, 1.82) is 0 Å². The number of rotatable bonds is 5. The molecule has 2 heterocycles. The molecule has 3 aromatic rings. The van der Waals surface area contributed by atoms with Crippen LogP contribution >= 0.6 is 0 Å². The number of carbonyl (C=O) groups is 1. The largest absolute Gasteiger partial charge is 0.356 e. The van der Waals surface area contributed by atoms with Crippen molar-refractivity contribution in [3.05, 3.63) is 54.2 Å². The molecule has 0 saturated heterocycles. The smallest absolute Gasteiger partial charge is 0.228 e. The molecule has 0 aliphatic carbocycles. The van der Waals surface area contributed by atoms with Crippen LogP contribution in [-0.4, -0.2) is 39.0 Å². The summed E-state index contributed by atoms with van der Waals surface area (Å²) in [4.78, 5) is 22.5. The normalized spacial score (nSPS) is 12.3. The van der Waals surface area contributed by atoms with Gasteiger partial charge in [0.15, 0.2) is 5.58 Å². The molecule has 1 atom stereocenters. The average Bonchev–Trinajstić information content (AvgIpc) is 2.98. The Hall–Kier alpha value is -2.76. The number of aromatic nitrogens is 3. The van der Waals surface area contributed by atoms with Crippen molar-refractivity contribution in [2.24, 2.45) is 0 Å². The number of para-hydroxylation sites is 1. The van der Waals surface area contributed by atoms with E-state index in [4.69, 9.17) is 4.52 Å². The lowest BCUT2D eigenvalue weighted by molar-refractivity contribution is -0.131. The van der Waals surface area contributed by atoms with Gasteiger partial charge in [-0.1, -0.05) is 17.3 Å². The molecule has 2 aromatic heterocycles. The van der Waals surface area contributed by atoms with E-state index in [0.717, 1.165) is 11.1 Å². The van der Waals surface area contributed by atoms with Gasteiger partial charge in [0.05, 0.1) is 12.1 Å². The third-order valence-electron chi connectivity index (χ3n) is 3.95. The molecule has 3 rings (SSSR count). The Balaban J connectivity index is 1.67. The predicted octanol–water partition coefficient (Wildman–Crippen LogP) is 2.25. The molecule has 0 radical (unpaired) electrons. The SMILES string of the molecule is C[C@H](Cc1cnccn1)N(C)C(=O)Cc1noc2ccccc12. The Morgan fingerprint density at radius 3 is 2.91 bits per heavy atom. The standard InChI is InChI=1S/C17H18N4O2/c1-12(9-13-11-18-7-8-19-13)21(2)17(22)10-15-14-5-3-4-6-16(14)23-20-15/h3-8,11-12H,9-10H2,1-2H3/t12-/m1/s1. The summed E-state index contributed by atoms with van der Waals surface area (Å²) >= 11 is 0. The molecule has 0 bridgehead atoms. The summed E-state index contributed by atoms with van der Waals surface area (Å²) in [5.74, 6) is 0.000411. The number of benzene rings is 1. The van der Waals surface area contributed by atoms with E-state index in [0.29, 0.717) is 17.7 Å². The van der Waals surface area contributed by atoms with Crippen LogP contribution in [0.3, 0.4) is 0 Å². The molecule has 6 nitrogen and oxygen atoms in total. The van der Waals surface area contributed by atoms with Crippen LogP contribution in [0, 0.1) is 0 Å². The van der Waals surface area contributed by atoms with Crippen molar-refractivity contribution in [2.45, 2.75) is 25.8 Å². The lowest BCUT2D eigenvalue weighted by Gasteiger charge is -2.24. The molecule has 0 unspecified atom stereocenters. The minimum absolute atomic E-state index is 0.000411. The first-order chi connectivity index (χ1) is 11.1. The van der Waals surface area contributed by atoms with Crippen molar-refractivity contribution in [2.75, 3.05) is 7.05 Å². The second-order valence-electron chi connectivity index (χ2n) is 5.56. The number of fused-ring (bicyclic) bond motifs is 1. The third kappa shape index (κ3) is 3.36. The maximum Gasteiger partial charge on any atom is 0.228 e. The summed E-state index contributed by atoms with van der Waals surface area (Å²) in [6.07, 6.45) is 5.90. The van der Waals surface area contributed by atoms with E-state index in [2.05, 4.69) is 15.1 Å². The quantitative estimate of drug-likeness (QED) is 0.722. The Labute approximate surface area is 134 Å². The van der Waals surface area contributed by atoms with E-state index >= 15 is 0 Å². The molecule has 0 saturated carbocycles. The summed E-state index contributed by atoms with van der Waals surface area (Å²) in [5.41, 5.74) is 2.24. The van der Waals surface area contributed by atoms with Crippen LogP contribution in [0.15, 0.2) is 47.4 Å². The number of nitrogens with zero attached hydrogens (tertiary/aromatic N) is 4. The second kappa shape index (κ2) is 6.56. The maximum absolute atomic E-state index is 12.5. The number of carbonyl (C=O) groups excluding carboxylic acids is 1. The van der Waals surface area contributed by atoms with Gasteiger partial charge in [-0.2, -0.15) is 0 Å². The lowest BCUT2D eigenvalue weighted by atomic mass is 10.1. The topological polar surface area (TPSA) is 72.1 Å².